The van der Waals surface area contributed by atoms with E-state index < -0.39 is 11.3 Å². The molecule has 2 aromatic rings. The summed E-state index contributed by atoms with van der Waals surface area (Å²) in [5.74, 6) is -0.940. The van der Waals surface area contributed by atoms with Gasteiger partial charge in [0, 0.05) is 6.42 Å². The van der Waals surface area contributed by atoms with Gasteiger partial charge in [0.1, 0.15) is 0 Å². The Morgan fingerprint density at radius 2 is 2.00 bits per heavy atom. The third kappa shape index (κ3) is 2.97. The third-order valence-electron chi connectivity index (χ3n) is 4.17. The minimum Gasteiger partial charge on any atom is -0.455 e. The van der Waals surface area contributed by atoms with Crippen LogP contribution in [0, 0.1) is 5.41 Å². The summed E-state index contributed by atoms with van der Waals surface area (Å²) in [6, 6.07) is 7.94. The molecule has 1 heterocycles. The van der Waals surface area contributed by atoms with Gasteiger partial charge in [-0.3, -0.25) is 9.59 Å². The summed E-state index contributed by atoms with van der Waals surface area (Å²) in [7, 11) is 0. The Labute approximate surface area is 132 Å². The van der Waals surface area contributed by atoms with Crippen molar-refractivity contribution < 1.29 is 14.3 Å². The molecule has 1 saturated carbocycles. The molecule has 2 N–H and O–H groups in total. The lowest BCUT2D eigenvalue weighted by molar-refractivity contribution is -0.158. The van der Waals surface area contributed by atoms with Gasteiger partial charge in [0.15, 0.2) is 6.61 Å². The van der Waals surface area contributed by atoms with Gasteiger partial charge in [-0.2, -0.15) is 0 Å². The Morgan fingerprint density at radius 1 is 1.27 bits per heavy atom. The van der Waals surface area contributed by atoms with Crippen LogP contribution in [0.25, 0.3) is 10.2 Å². The van der Waals surface area contributed by atoms with Gasteiger partial charge < -0.3 is 10.5 Å². The summed E-state index contributed by atoms with van der Waals surface area (Å²) in [5, 5.41) is 0.944. The van der Waals surface area contributed by atoms with Gasteiger partial charge in [0.25, 0.3) is 5.91 Å². The summed E-state index contributed by atoms with van der Waals surface area (Å²) in [6.45, 7) is -0.347. The number of amides is 1. The fraction of sp³-hybridized carbons (Fsp3) is 0.438. The van der Waals surface area contributed by atoms with E-state index in [9.17, 15) is 9.59 Å². The molecule has 0 saturated heterocycles. The van der Waals surface area contributed by atoms with E-state index in [0.717, 1.165) is 40.9 Å². The number of nitrogens with zero attached hydrogens (tertiary/aromatic N) is 1. The Kier molecular flexibility index (Phi) is 4.11. The highest BCUT2D eigenvalue weighted by molar-refractivity contribution is 7.18. The van der Waals surface area contributed by atoms with Crippen LogP contribution in [0.3, 0.4) is 0 Å². The molecule has 0 spiro atoms. The van der Waals surface area contributed by atoms with Crippen LogP contribution in [0.1, 0.15) is 30.7 Å². The van der Waals surface area contributed by atoms with E-state index in [-0.39, 0.29) is 12.6 Å². The van der Waals surface area contributed by atoms with E-state index >= 15 is 0 Å². The molecule has 1 aliphatic carbocycles. The van der Waals surface area contributed by atoms with Crippen molar-refractivity contribution in [3.05, 3.63) is 29.3 Å². The lowest BCUT2D eigenvalue weighted by Crippen LogP contribution is -2.34. The minimum atomic E-state index is -0.624. The first-order chi connectivity index (χ1) is 10.6. The van der Waals surface area contributed by atoms with Crippen LogP contribution in [0.5, 0.6) is 0 Å². The predicted octanol–water partition coefficient (Wildman–Crippen LogP) is 2.43. The van der Waals surface area contributed by atoms with E-state index in [1.807, 2.05) is 24.3 Å². The summed E-state index contributed by atoms with van der Waals surface area (Å²) in [5.41, 5.74) is 5.47. The molecule has 5 nitrogen and oxygen atoms in total. The maximum Gasteiger partial charge on any atom is 0.313 e. The minimum absolute atomic E-state index is 0.317. The van der Waals surface area contributed by atoms with Gasteiger partial charge in [-0.05, 0) is 25.0 Å². The van der Waals surface area contributed by atoms with Crippen molar-refractivity contribution in [1.29, 1.82) is 0 Å². The molecular formula is C16H18N2O3S. The molecule has 1 fully saturated rings. The number of rotatable bonds is 5. The zero-order valence-electron chi connectivity index (χ0n) is 12.2. The summed E-state index contributed by atoms with van der Waals surface area (Å²) in [6.07, 6.45) is 4.12. The predicted molar refractivity (Wildman–Crippen MR) is 84.4 cm³/mol. The Balaban J connectivity index is 1.81. The summed E-state index contributed by atoms with van der Waals surface area (Å²) < 4.78 is 6.22. The van der Waals surface area contributed by atoms with Crippen LogP contribution in [-0.2, 0) is 20.7 Å². The Hall–Kier alpha value is -1.95. The smallest absolute Gasteiger partial charge is 0.313 e. The van der Waals surface area contributed by atoms with Crippen LogP contribution < -0.4 is 5.73 Å². The highest BCUT2D eigenvalue weighted by Gasteiger charge is 2.43. The van der Waals surface area contributed by atoms with E-state index in [4.69, 9.17) is 10.5 Å². The molecule has 0 radical (unpaired) electrons. The molecule has 0 unspecified atom stereocenters. The summed E-state index contributed by atoms with van der Waals surface area (Å²) in [4.78, 5) is 27.9. The average molecular weight is 318 g/mol. The molecule has 0 atom stereocenters. The monoisotopic (exact) mass is 318 g/mol. The molecule has 116 valence electrons. The highest BCUT2D eigenvalue weighted by Crippen LogP contribution is 2.43. The Morgan fingerprint density at radius 3 is 2.68 bits per heavy atom. The first-order valence-corrected chi connectivity index (χ1v) is 8.21. The molecule has 6 heteroatoms. The molecular weight excluding hydrogens is 300 g/mol. The van der Waals surface area contributed by atoms with Gasteiger partial charge in [-0.15, -0.1) is 11.3 Å². The van der Waals surface area contributed by atoms with E-state index in [0.29, 0.717) is 6.42 Å². The number of benzene rings is 1. The number of hydrogen-bond donors (Lipinski definition) is 1. The van der Waals surface area contributed by atoms with E-state index in [2.05, 4.69) is 4.98 Å². The van der Waals surface area contributed by atoms with Crippen LogP contribution in [0.4, 0.5) is 0 Å². The van der Waals surface area contributed by atoms with E-state index in [1.165, 1.54) is 0 Å². The number of thiazole rings is 1. The van der Waals surface area contributed by atoms with Crippen molar-refractivity contribution in [3.63, 3.8) is 0 Å². The Bertz CT molecular complexity index is 671. The van der Waals surface area contributed by atoms with Crippen molar-refractivity contribution in [2.45, 2.75) is 32.1 Å². The molecule has 22 heavy (non-hydrogen) atoms. The van der Waals surface area contributed by atoms with Crippen molar-refractivity contribution in [2.75, 3.05) is 6.61 Å². The maximum absolute atomic E-state index is 12.4. The lowest BCUT2D eigenvalue weighted by atomic mass is 9.83. The topological polar surface area (TPSA) is 82.3 Å². The number of hydrogen-bond acceptors (Lipinski definition) is 5. The second-order valence-corrected chi connectivity index (χ2v) is 6.90. The number of carbonyl (C=O) groups is 2. The number of nitrogens with two attached hydrogens (primary N) is 1. The van der Waals surface area contributed by atoms with E-state index in [1.54, 1.807) is 11.3 Å². The van der Waals surface area contributed by atoms with Crippen LogP contribution >= 0.6 is 11.3 Å². The second kappa shape index (κ2) is 6.04. The van der Waals surface area contributed by atoms with Crippen LogP contribution in [0.15, 0.2) is 24.3 Å². The van der Waals surface area contributed by atoms with Gasteiger partial charge >= 0.3 is 5.97 Å². The number of esters is 1. The van der Waals surface area contributed by atoms with Crippen molar-refractivity contribution >= 4 is 33.4 Å². The lowest BCUT2D eigenvalue weighted by Gasteiger charge is -2.25. The highest BCUT2D eigenvalue weighted by atomic mass is 32.1. The zero-order valence-corrected chi connectivity index (χ0v) is 13.0. The third-order valence-corrected chi connectivity index (χ3v) is 5.20. The van der Waals surface area contributed by atoms with Crippen LogP contribution in [-0.4, -0.2) is 23.5 Å². The molecule has 1 amide bonds. The molecule has 1 aromatic carbocycles. The number of ether oxygens (including phenoxy) is 1. The van der Waals surface area contributed by atoms with Gasteiger partial charge in [0.2, 0.25) is 0 Å². The number of carbonyl (C=O) groups excluding carboxylic acids is 2. The standard InChI is InChI=1S/C16H18N2O3S/c17-13(19)10-21-15(20)16(7-3-4-8-16)9-14-18-11-5-1-2-6-12(11)22-14/h1-2,5-6H,3-4,7-10H2,(H2,17,19). The molecule has 0 aliphatic heterocycles. The van der Waals surface area contributed by atoms with Gasteiger partial charge in [-0.25, -0.2) is 4.98 Å². The van der Waals surface area contributed by atoms with Gasteiger partial charge in [0.05, 0.1) is 20.6 Å². The average Bonchev–Trinajstić information content (AvgIpc) is 3.11. The normalized spacial score (nSPS) is 16.7. The molecule has 1 aromatic heterocycles. The fourth-order valence-electron chi connectivity index (χ4n) is 3.08. The first-order valence-electron chi connectivity index (χ1n) is 7.39. The maximum atomic E-state index is 12.4. The quantitative estimate of drug-likeness (QED) is 0.858. The van der Waals surface area contributed by atoms with Crippen molar-refractivity contribution in [1.82, 2.24) is 4.98 Å². The number of para-hydroxylation sites is 1. The van der Waals surface area contributed by atoms with Crippen molar-refractivity contribution in [3.8, 4) is 0 Å². The summed E-state index contributed by atoms with van der Waals surface area (Å²) >= 11 is 1.61. The fourth-order valence-corrected chi connectivity index (χ4v) is 4.19. The van der Waals surface area contributed by atoms with Crippen molar-refractivity contribution in [2.24, 2.45) is 11.1 Å². The number of aromatic nitrogens is 1. The molecule has 0 bridgehead atoms. The van der Waals surface area contributed by atoms with Gasteiger partial charge in [-0.1, -0.05) is 25.0 Å². The van der Waals surface area contributed by atoms with Crippen LogP contribution in [0.2, 0.25) is 0 Å². The molecule has 3 rings (SSSR count). The number of primary amides is 1. The number of fused-ring (bicyclic) bond motifs is 1. The second-order valence-electron chi connectivity index (χ2n) is 5.78. The first kappa shape index (κ1) is 15.0. The largest absolute Gasteiger partial charge is 0.455 e. The SMILES string of the molecule is NC(=O)COC(=O)C1(Cc2nc3ccccc3s2)CCCC1. The molecule has 1 aliphatic rings. The zero-order chi connectivity index (χ0) is 15.6.